The third-order valence-electron chi connectivity index (χ3n) is 9.18. The van der Waals surface area contributed by atoms with E-state index in [0.29, 0.717) is 41.5 Å². The van der Waals surface area contributed by atoms with Crippen LogP contribution in [0.15, 0.2) is 43.0 Å². The van der Waals surface area contributed by atoms with Crippen LogP contribution in [-0.4, -0.2) is 110 Å². The van der Waals surface area contributed by atoms with Gasteiger partial charge in [0.1, 0.15) is 11.2 Å². The standard InChI is InChI=1S/C31H39N11O2/c1-40-10-12-42(13-11-40)22-6-8-41(9-7-22)21-4-2-19(3-5-21)36-31-28(29(32)44)38-27(30(39-31)37-20-14-23(43)15-20)24-16-33-17-25-26(24)35-18-34-25/h2-5,16-18,20,22-23,43H,6-15H2,1H3,(H2,32,44)(H,34,35)(H2,36,37,39). The number of hydrogen-bond acceptors (Lipinski definition) is 11. The molecule has 0 radical (unpaired) electrons. The summed E-state index contributed by atoms with van der Waals surface area (Å²) in [7, 11) is 2.20. The second kappa shape index (κ2) is 12.0. The zero-order valence-electron chi connectivity index (χ0n) is 24.9. The largest absolute Gasteiger partial charge is 0.393 e. The van der Waals surface area contributed by atoms with Crippen LogP contribution in [0.4, 0.5) is 23.0 Å². The van der Waals surface area contributed by atoms with E-state index in [1.165, 1.54) is 18.5 Å². The van der Waals surface area contributed by atoms with Crippen LogP contribution >= 0.6 is 0 Å². The SMILES string of the molecule is CN1CCN(C2CCN(c3ccc(Nc4nc(NC5CC(O)C5)c(-c5cncc6[nH]cnc56)nc4C(N)=O)cc3)CC2)CC1. The van der Waals surface area contributed by atoms with Gasteiger partial charge in [-0.2, -0.15) is 0 Å². The molecule has 13 heteroatoms. The van der Waals surface area contributed by atoms with Crippen molar-refractivity contribution < 1.29 is 9.90 Å². The molecular weight excluding hydrogens is 558 g/mol. The van der Waals surface area contributed by atoms with Crippen LogP contribution in [0.1, 0.15) is 36.2 Å². The molecule has 7 rings (SSSR count). The van der Waals surface area contributed by atoms with Gasteiger partial charge in [-0.15, -0.1) is 0 Å². The predicted molar refractivity (Wildman–Crippen MR) is 170 cm³/mol. The Labute approximate surface area is 255 Å². The molecule has 0 bridgehead atoms. The second-order valence-electron chi connectivity index (χ2n) is 12.2. The van der Waals surface area contributed by atoms with Gasteiger partial charge in [-0.05, 0) is 57.0 Å². The van der Waals surface area contributed by atoms with E-state index < -0.39 is 5.91 Å². The molecule has 1 aromatic carbocycles. The summed E-state index contributed by atoms with van der Waals surface area (Å²) in [4.78, 5) is 41.5. The summed E-state index contributed by atoms with van der Waals surface area (Å²) in [6, 6.07) is 8.87. The molecule has 2 saturated heterocycles. The van der Waals surface area contributed by atoms with Gasteiger partial charge in [0.25, 0.3) is 5.91 Å². The summed E-state index contributed by atoms with van der Waals surface area (Å²) in [5.41, 5.74) is 10.2. The zero-order chi connectivity index (χ0) is 30.2. The summed E-state index contributed by atoms with van der Waals surface area (Å²) >= 11 is 0. The van der Waals surface area contributed by atoms with Crippen LogP contribution in [0.2, 0.25) is 0 Å². The number of hydrogen-bond donors (Lipinski definition) is 5. The lowest BCUT2D eigenvalue weighted by Gasteiger charge is -2.42. The molecule has 2 aliphatic heterocycles. The van der Waals surface area contributed by atoms with Crippen LogP contribution in [0.3, 0.4) is 0 Å². The molecule has 1 aliphatic carbocycles. The summed E-state index contributed by atoms with van der Waals surface area (Å²) in [6.07, 6.45) is 8.10. The highest BCUT2D eigenvalue weighted by Gasteiger charge is 2.30. The number of nitrogens with zero attached hydrogens (tertiary/aromatic N) is 7. The van der Waals surface area contributed by atoms with Crippen molar-refractivity contribution in [1.29, 1.82) is 0 Å². The van der Waals surface area contributed by atoms with Gasteiger partial charge in [-0.1, -0.05) is 0 Å². The Morgan fingerprint density at radius 2 is 1.75 bits per heavy atom. The highest BCUT2D eigenvalue weighted by atomic mass is 16.3. The van der Waals surface area contributed by atoms with Gasteiger partial charge in [-0.25, -0.2) is 15.0 Å². The first-order valence-corrected chi connectivity index (χ1v) is 15.4. The first kappa shape index (κ1) is 28.4. The van der Waals surface area contributed by atoms with Crippen LogP contribution < -0.4 is 21.3 Å². The Morgan fingerprint density at radius 1 is 1.00 bits per heavy atom. The maximum absolute atomic E-state index is 12.6. The van der Waals surface area contributed by atoms with Gasteiger partial charge in [0, 0.05) is 68.9 Å². The van der Waals surface area contributed by atoms with Crippen molar-refractivity contribution in [3.8, 4) is 11.3 Å². The quantitative estimate of drug-likeness (QED) is 0.203. The first-order valence-electron chi connectivity index (χ1n) is 15.4. The number of primary amides is 1. The molecule has 1 saturated carbocycles. The molecule has 3 fully saturated rings. The third kappa shape index (κ3) is 5.77. The molecule has 0 spiro atoms. The number of piperazine rings is 1. The van der Waals surface area contributed by atoms with Crippen LogP contribution in [0.25, 0.3) is 22.3 Å². The lowest BCUT2D eigenvalue weighted by molar-refractivity contribution is 0.0835. The Kier molecular flexibility index (Phi) is 7.75. The average Bonchev–Trinajstić information content (AvgIpc) is 3.51. The Hall–Kier alpha value is -4.33. The number of nitrogens with two attached hydrogens (primary N) is 1. The molecule has 0 atom stereocenters. The molecule has 230 valence electrons. The van der Waals surface area contributed by atoms with Crippen molar-refractivity contribution in [2.24, 2.45) is 5.73 Å². The number of H-pyrrole nitrogens is 1. The summed E-state index contributed by atoms with van der Waals surface area (Å²) in [5.74, 6) is 0.0203. The number of piperidine rings is 1. The van der Waals surface area contributed by atoms with Gasteiger partial charge >= 0.3 is 0 Å². The van der Waals surface area contributed by atoms with E-state index in [1.54, 1.807) is 18.7 Å². The molecule has 13 nitrogen and oxygen atoms in total. The second-order valence-corrected chi connectivity index (χ2v) is 12.2. The van der Waals surface area contributed by atoms with Crippen LogP contribution in [-0.2, 0) is 0 Å². The Bertz CT molecular complexity index is 1620. The number of likely N-dealkylation sites (N-methyl/N-ethyl adjacent to an activating group) is 1. The predicted octanol–water partition coefficient (Wildman–Crippen LogP) is 2.41. The number of pyridine rings is 1. The summed E-state index contributed by atoms with van der Waals surface area (Å²) in [5, 5.41) is 16.6. The number of anilines is 4. The number of rotatable bonds is 8. The van der Waals surface area contributed by atoms with E-state index in [1.807, 2.05) is 12.1 Å². The van der Waals surface area contributed by atoms with Crippen molar-refractivity contribution in [1.82, 2.24) is 34.7 Å². The number of aliphatic hydroxyl groups is 1. The number of nitrogens with one attached hydrogen (secondary N) is 3. The number of benzene rings is 1. The molecule has 0 unspecified atom stereocenters. The number of aromatic amines is 1. The molecule has 4 aromatic rings. The smallest absolute Gasteiger partial charge is 0.271 e. The van der Waals surface area contributed by atoms with E-state index in [4.69, 9.17) is 15.7 Å². The topological polar surface area (TPSA) is 164 Å². The minimum absolute atomic E-state index is 0.0155. The fourth-order valence-corrected chi connectivity index (χ4v) is 6.49. The number of aromatic nitrogens is 5. The minimum atomic E-state index is -0.700. The molecule has 6 N–H and O–H groups in total. The van der Waals surface area contributed by atoms with Crippen molar-refractivity contribution in [2.45, 2.75) is 43.9 Å². The molecule has 3 aliphatic rings. The van der Waals surface area contributed by atoms with Crippen molar-refractivity contribution in [2.75, 3.05) is 61.8 Å². The van der Waals surface area contributed by atoms with Crippen molar-refractivity contribution in [3.05, 3.63) is 48.7 Å². The normalized spacial score (nSPS) is 21.7. The summed E-state index contributed by atoms with van der Waals surface area (Å²) < 4.78 is 0. The van der Waals surface area contributed by atoms with Gasteiger partial charge in [0.15, 0.2) is 17.3 Å². The monoisotopic (exact) mass is 597 g/mol. The highest BCUT2D eigenvalue weighted by molar-refractivity contribution is 5.99. The Morgan fingerprint density at radius 3 is 2.45 bits per heavy atom. The van der Waals surface area contributed by atoms with Gasteiger partial charge in [0.2, 0.25) is 0 Å². The fraction of sp³-hybridized carbons (Fsp3) is 0.452. The van der Waals surface area contributed by atoms with Gasteiger partial charge < -0.3 is 36.3 Å². The number of amides is 1. The number of aliphatic hydroxyl groups excluding tert-OH is 1. The van der Waals surface area contributed by atoms with E-state index in [-0.39, 0.29) is 23.7 Å². The van der Waals surface area contributed by atoms with Crippen molar-refractivity contribution in [3.63, 3.8) is 0 Å². The highest BCUT2D eigenvalue weighted by Crippen LogP contribution is 2.35. The summed E-state index contributed by atoms with van der Waals surface area (Å²) in [6.45, 7) is 6.69. The minimum Gasteiger partial charge on any atom is -0.393 e. The van der Waals surface area contributed by atoms with E-state index in [2.05, 4.69) is 59.5 Å². The van der Waals surface area contributed by atoms with Gasteiger partial charge in [0.05, 0.1) is 29.7 Å². The molecule has 5 heterocycles. The molecular formula is C31H39N11O2. The third-order valence-corrected chi connectivity index (χ3v) is 9.18. The first-order chi connectivity index (χ1) is 21.4. The number of imidazole rings is 1. The number of carbonyl (C=O) groups excluding carboxylic acids is 1. The lowest BCUT2D eigenvalue weighted by atomic mass is 9.89. The maximum Gasteiger partial charge on any atom is 0.271 e. The Balaban J connectivity index is 1.11. The van der Waals surface area contributed by atoms with E-state index in [0.717, 1.165) is 50.5 Å². The molecule has 1 amide bonds. The van der Waals surface area contributed by atoms with Crippen LogP contribution in [0.5, 0.6) is 0 Å². The average molecular weight is 598 g/mol. The molecule has 3 aromatic heterocycles. The number of carbonyl (C=O) groups is 1. The maximum atomic E-state index is 12.6. The molecule has 44 heavy (non-hydrogen) atoms. The lowest BCUT2D eigenvalue weighted by Crippen LogP contribution is -2.52. The number of fused-ring (bicyclic) bond motifs is 1. The zero-order valence-corrected chi connectivity index (χ0v) is 24.9. The van der Waals surface area contributed by atoms with Gasteiger partial charge in [-0.3, -0.25) is 14.7 Å². The van der Waals surface area contributed by atoms with Crippen LogP contribution in [0, 0.1) is 0 Å². The van der Waals surface area contributed by atoms with E-state index in [9.17, 15) is 9.90 Å². The van der Waals surface area contributed by atoms with Crippen molar-refractivity contribution >= 4 is 40.0 Å². The fourth-order valence-electron chi connectivity index (χ4n) is 6.49. The van der Waals surface area contributed by atoms with E-state index >= 15 is 0 Å².